The summed E-state index contributed by atoms with van der Waals surface area (Å²) in [6, 6.07) is 13.8. The zero-order valence-corrected chi connectivity index (χ0v) is 16.2. The third kappa shape index (κ3) is 4.77. The molecule has 1 aromatic heterocycles. The highest BCUT2D eigenvalue weighted by Crippen LogP contribution is 2.26. The molecule has 0 aliphatic heterocycles. The van der Waals surface area contributed by atoms with E-state index in [0.717, 1.165) is 0 Å². The summed E-state index contributed by atoms with van der Waals surface area (Å²) >= 11 is 1.38. The first-order chi connectivity index (χ1) is 13.6. The summed E-state index contributed by atoms with van der Waals surface area (Å²) in [5.74, 6) is 0.973. The van der Waals surface area contributed by atoms with Crippen LogP contribution in [0.3, 0.4) is 0 Å². The smallest absolute Gasteiger partial charge is 0.339 e. The molecule has 144 valence electrons. The van der Waals surface area contributed by atoms with Gasteiger partial charge < -0.3 is 14.0 Å². The van der Waals surface area contributed by atoms with Gasteiger partial charge in [0.15, 0.2) is 12.4 Å². The Balaban J connectivity index is 1.65. The molecule has 0 saturated carbocycles. The van der Waals surface area contributed by atoms with Crippen molar-refractivity contribution in [3.8, 4) is 5.75 Å². The van der Waals surface area contributed by atoms with E-state index in [2.05, 4.69) is 10.1 Å². The second-order valence-corrected chi connectivity index (χ2v) is 6.74. The zero-order chi connectivity index (χ0) is 19.9. The van der Waals surface area contributed by atoms with Gasteiger partial charge in [0, 0.05) is 4.90 Å². The number of hydrogen-bond donors (Lipinski definition) is 0. The fourth-order valence-corrected chi connectivity index (χ4v) is 3.34. The average Bonchev–Trinajstić information content (AvgIpc) is 3.15. The number of hydrogen-bond acceptors (Lipinski definition) is 8. The standard InChI is InChI=1S/C20H18N2O5S/c1-13-21-19(27-22-13)12-28-18-10-6-4-8-15(18)20(24)26-11-16(23)14-7-3-5-9-17(14)25-2/h3-10H,11-12H2,1-2H3. The Morgan fingerprint density at radius 3 is 2.50 bits per heavy atom. The number of rotatable bonds is 8. The van der Waals surface area contributed by atoms with Crippen LogP contribution in [0.5, 0.6) is 5.75 Å². The van der Waals surface area contributed by atoms with Crippen LogP contribution in [0.25, 0.3) is 0 Å². The molecular weight excluding hydrogens is 380 g/mol. The number of Topliss-reactive ketones (excluding diaryl/α,β-unsaturated/α-hetero) is 1. The van der Waals surface area contributed by atoms with Gasteiger partial charge in [-0.25, -0.2) is 4.79 Å². The Labute approximate surface area is 166 Å². The molecule has 0 aliphatic carbocycles. The third-order valence-electron chi connectivity index (χ3n) is 3.77. The molecule has 0 aliphatic rings. The van der Waals surface area contributed by atoms with Crippen LogP contribution in [0.2, 0.25) is 0 Å². The van der Waals surface area contributed by atoms with Crippen LogP contribution in [0.4, 0.5) is 0 Å². The summed E-state index contributed by atoms with van der Waals surface area (Å²) in [4.78, 5) is 29.7. The van der Waals surface area contributed by atoms with E-state index >= 15 is 0 Å². The topological polar surface area (TPSA) is 91.5 Å². The molecule has 0 unspecified atom stereocenters. The van der Waals surface area contributed by atoms with Gasteiger partial charge >= 0.3 is 5.97 Å². The van der Waals surface area contributed by atoms with Crippen LogP contribution in [0.15, 0.2) is 57.9 Å². The van der Waals surface area contributed by atoms with Crippen molar-refractivity contribution in [1.29, 1.82) is 0 Å². The predicted octanol–water partition coefficient (Wildman–Crippen LogP) is 3.72. The number of aromatic nitrogens is 2. The molecule has 0 fully saturated rings. The summed E-state index contributed by atoms with van der Waals surface area (Å²) in [5.41, 5.74) is 0.740. The maximum Gasteiger partial charge on any atom is 0.339 e. The van der Waals surface area contributed by atoms with Crippen LogP contribution in [0.1, 0.15) is 32.4 Å². The molecule has 2 aromatic carbocycles. The summed E-state index contributed by atoms with van der Waals surface area (Å²) < 4.78 is 15.5. The number of esters is 1. The van der Waals surface area contributed by atoms with Gasteiger partial charge in [-0.1, -0.05) is 29.4 Å². The molecule has 0 bridgehead atoms. The molecule has 0 N–H and O–H groups in total. The van der Waals surface area contributed by atoms with E-state index in [9.17, 15) is 9.59 Å². The number of benzene rings is 2. The molecule has 0 saturated heterocycles. The van der Waals surface area contributed by atoms with Gasteiger partial charge in [0.1, 0.15) is 5.75 Å². The van der Waals surface area contributed by atoms with Gasteiger partial charge in [-0.15, -0.1) is 11.8 Å². The predicted molar refractivity (Wildman–Crippen MR) is 103 cm³/mol. The van der Waals surface area contributed by atoms with E-state index in [1.54, 1.807) is 49.4 Å². The van der Waals surface area contributed by atoms with Gasteiger partial charge in [-0.05, 0) is 31.2 Å². The van der Waals surface area contributed by atoms with Gasteiger partial charge in [0.2, 0.25) is 11.7 Å². The highest BCUT2D eigenvalue weighted by atomic mass is 32.2. The lowest BCUT2D eigenvalue weighted by Crippen LogP contribution is -2.15. The monoisotopic (exact) mass is 398 g/mol. The number of carbonyl (C=O) groups excluding carboxylic acids is 2. The molecule has 0 radical (unpaired) electrons. The summed E-state index contributed by atoms with van der Waals surface area (Å²) in [7, 11) is 1.48. The van der Waals surface area contributed by atoms with Crippen molar-refractivity contribution in [3.63, 3.8) is 0 Å². The Bertz CT molecular complexity index is 986. The molecular formula is C20H18N2O5S. The van der Waals surface area contributed by atoms with Crippen molar-refractivity contribution in [2.24, 2.45) is 0 Å². The molecule has 28 heavy (non-hydrogen) atoms. The van der Waals surface area contributed by atoms with E-state index in [1.165, 1.54) is 18.9 Å². The SMILES string of the molecule is COc1ccccc1C(=O)COC(=O)c1ccccc1SCc1nc(C)no1. The van der Waals surface area contributed by atoms with Gasteiger partial charge in [-0.2, -0.15) is 4.98 Å². The fraction of sp³-hybridized carbons (Fsp3) is 0.200. The van der Waals surface area contributed by atoms with Crippen molar-refractivity contribution in [2.45, 2.75) is 17.6 Å². The van der Waals surface area contributed by atoms with E-state index in [1.807, 2.05) is 6.07 Å². The fourth-order valence-electron chi connectivity index (χ4n) is 2.46. The van der Waals surface area contributed by atoms with E-state index in [-0.39, 0.29) is 12.4 Å². The van der Waals surface area contributed by atoms with Crippen molar-refractivity contribution in [3.05, 3.63) is 71.4 Å². The molecule has 0 atom stereocenters. The molecule has 0 amide bonds. The normalized spacial score (nSPS) is 10.5. The summed E-state index contributed by atoms with van der Waals surface area (Å²) in [6.45, 7) is 1.36. The number of para-hydroxylation sites is 1. The highest BCUT2D eigenvalue weighted by Gasteiger charge is 2.18. The summed E-state index contributed by atoms with van der Waals surface area (Å²) in [6.07, 6.45) is 0. The van der Waals surface area contributed by atoms with Crippen LogP contribution in [-0.2, 0) is 10.5 Å². The number of aryl methyl sites for hydroxylation is 1. The number of carbonyl (C=O) groups is 2. The first-order valence-corrected chi connectivity index (χ1v) is 9.41. The maximum atomic E-state index is 12.5. The van der Waals surface area contributed by atoms with Crippen LogP contribution < -0.4 is 4.74 Å². The van der Waals surface area contributed by atoms with Crippen LogP contribution >= 0.6 is 11.8 Å². The quantitative estimate of drug-likeness (QED) is 0.322. The Hall–Kier alpha value is -3.13. The Kier molecular flexibility index (Phi) is 6.44. The molecule has 7 nitrogen and oxygen atoms in total. The van der Waals surface area contributed by atoms with Crippen molar-refractivity contribution >= 4 is 23.5 Å². The van der Waals surface area contributed by atoms with Gasteiger partial charge in [-0.3, -0.25) is 4.79 Å². The minimum absolute atomic E-state index is 0.336. The van der Waals surface area contributed by atoms with Crippen LogP contribution in [0, 0.1) is 6.92 Å². The Morgan fingerprint density at radius 1 is 1.07 bits per heavy atom. The van der Waals surface area contributed by atoms with E-state index in [0.29, 0.717) is 39.2 Å². The second kappa shape index (κ2) is 9.18. The lowest BCUT2D eigenvalue weighted by atomic mass is 10.1. The molecule has 8 heteroatoms. The number of methoxy groups -OCH3 is 1. The highest BCUT2D eigenvalue weighted by molar-refractivity contribution is 7.98. The number of thioether (sulfide) groups is 1. The van der Waals surface area contributed by atoms with E-state index in [4.69, 9.17) is 14.0 Å². The first-order valence-electron chi connectivity index (χ1n) is 8.43. The lowest BCUT2D eigenvalue weighted by molar-refractivity contribution is 0.0470. The summed E-state index contributed by atoms with van der Waals surface area (Å²) in [5, 5.41) is 3.74. The van der Waals surface area contributed by atoms with Crippen LogP contribution in [-0.4, -0.2) is 35.6 Å². The van der Waals surface area contributed by atoms with E-state index < -0.39 is 5.97 Å². The molecule has 0 spiro atoms. The minimum Gasteiger partial charge on any atom is -0.496 e. The number of ketones is 1. The van der Waals surface area contributed by atoms with Crippen molar-refractivity contribution in [1.82, 2.24) is 10.1 Å². The first kappa shape index (κ1) is 19.6. The molecule has 1 heterocycles. The van der Waals surface area contributed by atoms with Gasteiger partial charge in [0.05, 0.1) is 24.0 Å². The third-order valence-corrected chi connectivity index (χ3v) is 4.83. The average molecular weight is 398 g/mol. The number of ether oxygens (including phenoxy) is 2. The van der Waals surface area contributed by atoms with Crippen molar-refractivity contribution < 1.29 is 23.6 Å². The lowest BCUT2D eigenvalue weighted by Gasteiger charge is -2.10. The molecule has 3 aromatic rings. The maximum absolute atomic E-state index is 12.5. The minimum atomic E-state index is -0.576. The second-order valence-electron chi connectivity index (χ2n) is 5.72. The number of nitrogens with zero attached hydrogens (tertiary/aromatic N) is 2. The van der Waals surface area contributed by atoms with Gasteiger partial charge in [0.25, 0.3) is 0 Å². The largest absolute Gasteiger partial charge is 0.496 e. The van der Waals surface area contributed by atoms with Crippen molar-refractivity contribution in [2.75, 3.05) is 13.7 Å². The molecule has 3 rings (SSSR count). The Morgan fingerprint density at radius 2 is 1.79 bits per heavy atom. The zero-order valence-electron chi connectivity index (χ0n) is 15.4.